The molecule has 1 atom stereocenters. The van der Waals surface area contributed by atoms with Gasteiger partial charge in [0.2, 0.25) is 0 Å². The molecule has 0 fully saturated rings. The van der Waals surface area contributed by atoms with Gasteiger partial charge in [-0.2, -0.15) is 5.10 Å². The van der Waals surface area contributed by atoms with E-state index in [1.54, 1.807) is 20.2 Å². The Morgan fingerprint density at radius 1 is 1.30 bits per heavy atom. The first kappa shape index (κ1) is 18.7. The second kappa shape index (κ2) is 7.65. The summed E-state index contributed by atoms with van der Waals surface area (Å²) in [6, 6.07) is 7.47. The Morgan fingerprint density at radius 3 is 2.63 bits per heavy atom. The lowest BCUT2D eigenvalue weighted by Gasteiger charge is -2.14. The van der Waals surface area contributed by atoms with Crippen LogP contribution in [0.15, 0.2) is 35.0 Å². The van der Waals surface area contributed by atoms with Gasteiger partial charge >= 0.3 is 0 Å². The molecule has 142 valence electrons. The van der Waals surface area contributed by atoms with Gasteiger partial charge in [-0.25, -0.2) is 4.68 Å². The van der Waals surface area contributed by atoms with Gasteiger partial charge in [-0.15, -0.1) is 0 Å². The molecule has 1 N–H and O–H groups in total. The number of rotatable bonds is 6. The summed E-state index contributed by atoms with van der Waals surface area (Å²) in [7, 11) is 1.64. The molecule has 2 heterocycles. The van der Waals surface area contributed by atoms with E-state index in [0.29, 0.717) is 23.4 Å². The van der Waals surface area contributed by atoms with Crippen molar-refractivity contribution in [1.29, 1.82) is 0 Å². The molecule has 1 amide bonds. The fourth-order valence-electron chi connectivity index (χ4n) is 3.13. The van der Waals surface area contributed by atoms with Crippen molar-refractivity contribution in [2.24, 2.45) is 0 Å². The molecular weight excluding hydrogens is 344 g/mol. The van der Waals surface area contributed by atoms with Crippen molar-refractivity contribution >= 4 is 5.91 Å². The van der Waals surface area contributed by atoms with Gasteiger partial charge in [0.25, 0.3) is 5.91 Å². The Kier molecular flexibility index (Phi) is 5.30. The summed E-state index contributed by atoms with van der Waals surface area (Å²) in [5.41, 5.74) is 4.03. The average molecular weight is 368 g/mol. The third kappa shape index (κ3) is 3.58. The van der Waals surface area contributed by atoms with Crippen LogP contribution in [-0.4, -0.2) is 28.0 Å². The van der Waals surface area contributed by atoms with Crippen molar-refractivity contribution in [3.63, 3.8) is 0 Å². The summed E-state index contributed by atoms with van der Waals surface area (Å²) in [6.07, 6.45) is 2.43. The Bertz CT molecular complexity index is 941. The van der Waals surface area contributed by atoms with Crippen LogP contribution < -0.4 is 10.1 Å². The number of amides is 1. The highest BCUT2D eigenvalue weighted by Crippen LogP contribution is 2.23. The highest BCUT2D eigenvalue weighted by Gasteiger charge is 2.22. The third-order valence-electron chi connectivity index (χ3n) is 4.67. The molecule has 0 aliphatic heterocycles. The molecule has 0 saturated carbocycles. The van der Waals surface area contributed by atoms with Crippen molar-refractivity contribution in [1.82, 2.24) is 20.3 Å². The average Bonchev–Trinajstić information content (AvgIpc) is 3.24. The number of carbonyl (C=O) groups excluding carboxylic acids is 1. The van der Waals surface area contributed by atoms with Crippen LogP contribution in [0.25, 0.3) is 5.69 Å². The van der Waals surface area contributed by atoms with Crippen molar-refractivity contribution in [2.75, 3.05) is 7.11 Å². The maximum atomic E-state index is 12.7. The zero-order chi connectivity index (χ0) is 19.6. The number of aryl methyl sites for hydroxylation is 2. The topological polar surface area (TPSA) is 82.2 Å². The van der Waals surface area contributed by atoms with E-state index in [1.165, 1.54) is 0 Å². The molecule has 0 spiro atoms. The molecule has 0 saturated heterocycles. The van der Waals surface area contributed by atoms with E-state index in [-0.39, 0.29) is 11.9 Å². The van der Waals surface area contributed by atoms with Crippen molar-refractivity contribution in [3.05, 3.63) is 58.7 Å². The van der Waals surface area contributed by atoms with Crippen LogP contribution in [0.1, 0.15) is 53.0 Å². The van der Waals surface area contributed by atoms with Crippen LogP contribution in [0, 0.1) is 13.8 Å². The first-order valence-corrected chi connectivity index (χ1v) is 8.91. The van der Waals surface area contributed by atoms with Gasteiger partial charge in [0, 0.05) is 11.3 Å². The van der Waals surface area contributed by atoms with Crippen LogP contribution in [0.3, 0.4) is 0 Å². The number of benzene rings is 1. The van der Waals surface area contributed by atoms with Gasteiger partial charge in [0.1, 0.15) is 17.1 Å². The molecular formula is C20H24N4O3. The second-order valence-corrected chi connectivity index (χ2v) is 6.40. The molecule has 3 rings (SSSR count). The lowest BCUT2D eigenvalue weighted by atomic mass is 10.1. The van der Waals surface area contributed by atoms with Gasteiger partial charge in [-0.05, 0) is 51.5 Å². The smallest absolute Gasteiger partial charge is 0.257 e. The van der Waals surface area contributed by atoms with E-state index in [2.05, 4.69) is 15.6 Å². The van der Waals surface area contributed by atoms with Gasteiger partial charge in [-0.3, -0.25) is 4.79 Å². The second-order valence-electron chi connectivity index (χ2n) is 6.40. The quantitative estimate of drug-likeness (QED) is 0.720. The molecule has 2 aromatic heterocycles. The predicted octanol–water partition coefficient (Wildman–Crippen LogP) is 3.54. The summed E-state index contributed by atoms with van der Waals surface area (Å²) in [5.74, 6) is 1.14. The minimum absolute atomic E-state index is 0.185. The number of nitrogens with zero attached hydrogens (tertiary/aromatic N) is 3. The number of aromatic nitrogens is 3. The third-order valence-corrected chi connectivity index (χ3v) is 4.67. The van der Waals surface area contributed by atoms with E-state index in [0.717, 1.165) is 22.7 Å². The van der Waals surface area contributed by atoms with Crippen LogP contribution >= 0.6 is 0 Å². The molecule has 27 heavy (non-hydrogen) atoms. The van der Waals surface area contributed by atoms with Crippen molar-refractivity contribution < 1.29 is 14.1 Å². The normalized spacial score (nSPS) is 12.0. The van der Waals surface area contributed by atoms with E-state index < -0.39 is 0 Å². The monoisotopic (exact) mass is 368 g/mol. The number of hydrogen-bond donors (Lipinski definition) is 1. The maximum absolute atomic E-state index is 12.7. The SMILES string of the molecule is CCc1noc(C)c1C(=O)N[C@H](C)c1cnn(-c2ccc(OC)cc2)c1C. The summed E-state index contributed by atoms with van der Waals surface area (Å²) in [4.78, 5) is 12.7. The molecule has 0 bridgehead atoms. The molecule has 7 nitrogen and oxygen atoms in total. The Balaban J connectivity index is 1.81. The summed E-state index contributed by atoms with van der Waals surface area (Å²) in [5, 5.41) is 11.5. The fraction of sp³-hybridized carbons (Fsp3) is 0.350. The highest BCUT2D eigenvalue weighted by atomic mass is 16.5. The van der Waals surface area contributed by atoms with Gasteiger partial charge in [0.05, 0.1) is 30.7 Å². The minimum Gasteiger partial charge on any atom is -0.497 e. The highest BCUT2D eigenvalue weighted by molar-refractivity contribution is 5.96. The molecule has 0 aliphatic rings. The van der Waals surface area contributed by atoms with Crippen LogP contribution in [0.5, 0.6) is 5.75 Å². The lowest BCUT2D eigenvalue weighted by Crippen LogP contribution is -2.28. The van der Waals surface area contributed by atoms with Gasteiger partial charge < -0.3 is 14.6 Å². The Labute approximate surface area is 158 Å². The standard InChI is InChI=1S/C20H24N4O3/c1-6-18-19(14(4)27-23-18)20(25)22-12(2)17-11-21-24(13(17)3)15-7-9-16(26-5)10-8-15/h7-12H,6H2,1-5H3,(H,22,25)/t12-/m1/s1. The van der Waals surface area contributed by atoms with Crippen LogP contribution in [0.2, 0.25) is 0 Å². The maximum Gasteiger partial charge on any atom is 0.257 e. The number of carbonyl (C=O) groups is 1. The number of methoxy groups -OCH3 is 1. The van der Waals surface area contributed by atoms with Crippen molar-refractivity contribution in [3.8, 4) is 11.4 Å². The predicted molar refractivity (Wildman–Crippen MR) is 101 cm³/mol. The number of nitrogens with one attached hydrogen (secondary N) is 1. The van der Waals surface area contributed by atoms with Gasteiger partial charge in [-0.1, -0.05) is 12.1 Å². The molecule has 3 aromatic rings. The molecule has 0 aliphatic carbocycles. The zero-order valence-electron chi connectivity index (χ0n) is 16.2. The summed E-state index contributed by atoms with van der Waals surface area (Å²) >= 11 is 0. The Hall–Kier alpha value is -3.09. The van der Waals surface area contributed by atoms with Crippen molar-refractivity contribution in [2.45, 2.75) is 40.2 Å². The largest absolute Gasteiger partial charge is 0.497 e. The first-order valence-electron chi connectivity index (χ1n) is 8.91. The fourth-order valence-corrected chi connectivity index (χ4v) is 3.13. The lowest BCUT2D eigenvalue weighted by molar-refractivity contribution is 0.0937. The first-order chi connectivity index (χ1) is 13.0. The van der Waals surface area contributed by atoms with E-state index in [9.17, 15) is 4.79 Å². The number of hydrogen-bond acceptors (Lipinski definition) is 5. The summed E-state index contributed by atoms with van der Waals surface area (Å²) < 4.78 is 12.2. The van der Waals surface area contributed by atoms with Crippen LogP contribution in [-0.2, 0) is 6.42 Å². The number of ether oxygens (including phenoxy) is 1. The van der Waals surface area contributed by atoms with E-state index in [4.69, 9.17) is 9.26 Å². The molecule has 1 aromatic carbocycles. The Morgan fingerprint density at radius 2 is 2.00 bits per heavy atom. The van der Waals surface area contributed by atoms with Gasteiger partial charge in [0.15, 0.2) is 0 Å². The van der Waals surface area contributed by atoms with E-state index >= 15 is 0 Å². The molecule has 7 heteroatoms. The molecule has 0 unspecified atom stereocenters. The van der Waals surface area contributed by atoms with E-state index in [1.807, 2.05) is 49.7 Å². The minimum atomic E-state index is -0.205. The zero-order valence-corrected chi connectivity index (χ0v) is 16.2. The molecule has 0 radical (unpaired) electrons. The summed E-state index contributed by atoms with van der Waals surface area (Å²) in [6.45, 7) is 7.62. The van der Waals surface area contributed by atoms with Crippen LogP contribution in [0.4, 0.5) is 0 Å².